The molecule has 15 heteroatoms. The van der Waals surface area contributed by atoms with E-state index in [-0.39, 0.29) is 16.9 Å². The Labute approximate surface area is 238 Å². The number of hydrogen-bond donors (Lipinski definition) is 10. The Kier molecular flexibility index (Phi) is 8.31. The summed E-state index contributed by atoms with van der Waals surface area (Å²) >= 11 is 0. The summed E-state index contributed by atoms with van der Waals surface area (Å²) in [6, 6.07) is 6.43. The second-order valence-electron chi connectivity index (χ2n) is 10.5. The first kappa shape index (κ1) is 30.7. The molecule has 0 aromatic heterocycles. The van der Waals surface area contributed by atoms with Crippen molar-refractivity contribution in [3.05, 3.63) is 58.1 Å². The van der Waals surface area contributed by atoms with Gasteiger partial charge < -0.3 is 70.0 Å². The van der Waals surface area contributed by atoms with Crippen molar-refractivity contribution in [2.75, 3.05) is 13.2 Å². The summed E-state index contributed by atoms with van der Waals surface area (Å²) in [5, 5.41) is 104. The van der Waals surface area contributed by atoms with E-state index in [0.29, 0.717) is 5.56 Å². The van der Waals surface area contributed by atoms with Crippen LogP contribution in [-0.4, -0.2) is 131 Å². The fourth-order valence-corrected chi connectivity index (χ4v) is 5.44. The van der Waals surface area contributed by atoms with Crippen molar-refractivity contribution < 1.29 is 74.8 Å². The third-order valence-corrected chi connectivity index (χ3v) is 7.70. The van der Waals surface area contributed by atoms with Gasteiger partial charge in [0.1, 0.15) is 60.3 Å². The number of ether oxygens (including phenoxy) is 4. The average molecular weight is 597 g/mol. The Morgan fingerprint density at radius 2 is 1.36 bits per heavy atom. The number of rotatable bonds is 6. The minimum absolute atomic E-state index is 0.264. The van der Waals surface area contributed by atoms with Gasteiger partial charge in [-0.2, -0.15) is 0 Å². The van der Waals surface area contributed by atoms with Crippen LogP contribution in [0, 0.1) is 6.92 Å². The van der Waals surface area contributed by atoms with E-state index in [2.05, 4.69) is 0 Å². The van der Waals surface area contributed by atoms with E-state index in [9.17, 15) is 55.9 Å². The van der Waals surface area contributed by atoms with Gasteiger partial charge in [-0.05, 0) is 30.7 Å². The molecule has 15 nitrogen and oxygen atoms in total. The van der Waals surface area contributed by atoms with Crippen molar-refractivity contribution >= 4 is 5.78 Å². The Morgan fingerprint density at radius 3 is 1.95 bits per heavy atom. The Hall–Kier alpha value is -2.77. The quantitative estimate of drug-likeness (QED) is 0.145. The van der Waals surface area contributed by atoms with Crippen molar-refractivity contribution in [3.8, 4) is 11.5 Å². The molecule has 2 aromatic carbocycles. The first-order chi connectivity index (χ1) is 19.8. The molecule has 0 saturated carbocycles. The summed E-state index contributed by atoms with van der Waals surface area (Å²) in [5.41, 5.74) is -0.978. The lowest BCUT2D eigenvalue weighted by molar-refractivity contribution is -0.356. The van der Waals surface area contributed by atoms with Crippen LogP contribution >= 0.6 is 0 Å². The fraction of sp³-hybridized carbons (Fsp3) is 0.519. The largest absolute Gasteiger partial charge is 0.507 e. The van der Waals surface area contributed by atoms with Crippen molar-refractivity contribution in [2.45, 2.75) is 74.1 Å². The standard InChI is InChI=1S/C27H32O15/c1-9-5-11-16(12(30)6-9)20(33)17-10(27(11,38)42-26-24(37)22(35)19(32)15(8-29)41-26)3-2-4-13(17)39-25-23(36)21(34)18(31)14(7-28)40-25/h2-6,14-15,18-19,21-26,28-32,34-38H,7-8H2,1H3/t14-,15-,18-,19-,21+,22+,23-,24-,25-,26+,27+/m1/s1. The Bertz CT molecular complexity index is 1330. The van der Waals surface area contributed by atoms with Gasteiger partial charge in [0.05, 0.1) is 24.3 Å². The lowest BCUT2D eigenvalue weighted by Crippen LogP contribution is -2.61. The number of carbonyl (C=O) groups is 1. The number of fused-ring (bicyclic) bond motifs is 2. The first-order valence-corrected chi connectivity index (χ1v) is 13.0. The Morgan fingerprint density at radius 1 is 0.786 bits per heavy atom. The van der Waals surface area contributed by atoms with Gasteiger partial charge >= 0.3 is 0 Å². The van der Waals surface area contributed by atoms with Gasteiger partial charge in [0.2, 0.25) is 17.9 Å². The molecule has 3 aliphatic rings. The molecular weight excluding hydrogens is 564 g/mol. The van der Waals surface area contributed by atoms with Crippen molar-refractivity contribution in [3.63, 3.8) is 0 Å². The second-order valence-corrected chi connectivity index (χ2v) is 10.5. The molecular formula is C27H32O15. The van der Waals surface area contributed by atoms with Crippen LogP contribution < -0.4 is 4.74 Å². The highest BCUT2D eigenvalue weighted by Gasteiger charge is 2.53. The summed E-state index contributed by atoms with van der Waals surface area (Å²) in [6.45, 7) is 0.0305. The van der Waals surface area contributed by atoms with Crippen LogP contribution in [0.4, 0.5) is 0 Å². The molecule has 2 fully saturated rings. The SMILES string of the molecule is Cc1cc(O)c2c(c1)[C@@](O)(O[C@@H]1O[C@H](CO)[C@@H](O)[C@H](O)[C@H]1O)c1cccc(O[C@@H]3O[C@H](CO)[C@@H](O)[C@H](O)[C@H]3O)c1C2=O. The monoisotopic (exact) mass is 596 g/mol. The van der Waals surface area contributed by atoms with Gasteiger partial charge in [0.25, 0.3) is 0 Å². The highest BCUT2D eigenvalue weighted by atomic mass is 16.8. The number of aliphatic hydroxyl groups is 9. The number of hydrogen-bond acceptors (Lipinski definition) is 15. The molecule has 1 aliphatic carbocycles. The number of carbonyl (C=O) groups excluding carboxylic acids is 1. The predicted molar refractivity (Wildman–Crippen MR) is 135 cm³/mol. The molecule has 5 rings (SSSR count). The van der Waals surface area contributed by atoms with Gasteiger partial charge in [0, 0.05) is 11.1 Å². The second kappa shape index (κ2) is 11.4. The van der Waals surface area contributed by atoms with Crippen LogP contribution in [0.25, 0.3) is 0 Å². The van der Waals surface area contributed by atoms with Crippen LogP contribution in [0.2, 0.25) is 0 Å². The third kappa shape index (κ3) is 4.86. The normalized spacial score (nSPS) is 38.1. The summed E-state index contributed by atoms with van der Waals surface area (Å²) in [5.74, 6) is -4.44. The highest BCUT2D eigenvalue weighted by Crippen LogP contribution is 2.48. The van der Waals surface area contributed by atoms with Gasteiger partial charge in [-0.15, -0.1) is 0 Å². The lowest BCUT2D eigenvalue weighted by atomic mass is 9.78. The van der Waals surface area contributed by atoms with Gasteiger partial charge in [-0.1, -0.05) is 12.1 Å². The highest BCUT2D eigenvalue weighted by molar-refractivity contribution is 6.16. The minimum Gasteiger partial charge on any atom is -0.507 e. The van der Waals surface area contributed by atoms with Crippen LogP contribution in [-0.2, 0) is 20.0 Å². The van der Waals surface area contributed by atoms with E-state index in [1.54, 1.807) is 6.92 Å². The molecule has 2 heterocycles. The molecule has 2 saturated heterocycles. The molecule has 0 unspecified atom stereocenters. The number of aliphatic hydroxyl groups excluding tert-OH is 8. The number of phenolic OH excluding ortho intramolecular Hbond substituents is 1. The first-order valence-electron chi connectivity index (χ1n) is 13.0. The number of ketones is 1. The fourth-order valence-electron chi connectivity index (χ4n) is 5.44. The van der Waals surface area contributed by atoms with E-state index in [1.165, 1.54) is 30.3 Å². The smallest absolute Gasteiger partial charge is 0.229 e. The summed E-state index contributed by atoms with van der Waals surface area (Å²) < 4.78 is 22.4. The molecule has 42 heavy (non-hydrogen) atoms. The van der Waals surface area contributed by atoms with Crippen molar-refractivity contribution in [1.82, 2.24) is 0 Å². The molecule has 0 bridgehead atoms. The zero-order valence-corrected chi connectivity index (χ0v) is 22.1. The van der Waals surface area contributed by atoms with Crippen molar-refractivity contribution in [2.24, 2.45) is 0 Å². The molecule has 0 amide bonds. The van der Waals surface area contributed by atoms with Crippen LogP contribution in [0.5, 0.6) is 11.5 Å². The van der Waals surface area contributed by atoms with Crippen LogP contribution in [0.15, 0.2) is 30.3 Å². The maximum absolute atomic E-state index is 13.8. The number of phenols is 1. The molecule has 230 valence electrons. The summed E-state index contributed by atoms with van der Waals surface area (Å²) in [7, 11) is 0. The van der Waals surface area contributed by atoms with Crippen LogP contribution in [0.1, 0.15) is 32.6 Å². The maximum Gasteiger partial charge on any atom is 0.229 e. The number of aromatic hydroxyl groups is 1. The van der Waals surface area contributed by atoms with Gasteiger partial charge in [-0.25, -0.2) is 0 Å². The van der Waals surface area contributed by atoms with Crippen molar-refractivity contribution in [1.29, 1.82) is 0 Å². The van der Waals surface area contributed by atoms with E-state index in [4.69, 9.17) is 18.9 Å². The predicted octanol–water partition coefficient (Wildman–Crippen LogP) is -3.57. The molecule has 11 atom stereocenters. The number of benzene rings is 2. The molecule has 0 spiro atoms. The molecule has 2 aromatic rings. The van der Waals surface area contributed by atoms with Gasteiger partial charge in [0.15, 0.2) is 6.29 Å². The lowest BCUT2D eigenvalue weighted by Gasteiger charge is -2.44. The van der Waals surface area contributed by atoms with E-state index in [0.717, 1.165) is 0 Å². The summed E-state index contributed by atoms with van der Waals surface area (Å²) in [4.78, 5) is 13.8. The summed E-state index contributed by atoms with van der Waals surface area (Å²) in [6.07, 6.45) is -17.2. The minimum atomic E-state index is -2.69. The maximum atomic E-state index is 13.8. The average Bonchev–Trinajstić information content (AvgIpc) is 2.96. The molecule has 0 radical (unpaired) electrons. The third-order valence-electron chi connectivity index (χ3n) is 7.70. The van der Waals surface area contributed by atoms with Crippen LogP contribution in [0.3, 0.4) is 0 Å². The zero-order valence-electron chi connectivity index (χ0n) is 22.1. The molecule has 10 N–H and O–H groups in total. The van der Waals surface area contributed by atoms with Gasteiger partial charge in [-0.3, -0.25) is 4.79 Å². The van der Waals surface area contributed by atoms with E-state index >= 15 is 0 Å². The topological polar surface area (TPSA) is 256 Å². The molecule has 2 aliphatic heterocycles. The van der Waals surface area contributed by atoms with E-state index < -0.39 is 103 Å². The zero-order chi connectivity index (χ0) is 30.7. The van der Waals surface area contributed by atoms with E-state index in [1.807, 2.05) is 0 Å². The number of aryl methyl sites for hydroxylation is 1. The Balaban J connectivity index is 1.61.